The van der Waals surface area contributed by atoms with Crippen molar-refractivity contribution in [3.63, 3.8) is 0 Å². The average Bonchev–Trinajstić information content (AvgIpc) is 2.25. The fourth-order valence-corrected chi connectivity index (χ4v) is 2.13. The average molecular weight is 272 g/mol. The van der Waals surface area contributed by atoms with Crippen LogP contribution in [0.3, 0.4) is 0 Å². The molecule has 0 aliphatic carbocycles. The van der Waals surface area contributed by atoms with Gasteiger partial charge in [-0.25, -0.2) is 0 Å². The van der Waals surface area contributed by atoms with E-state index in [0.29, 0.717) is 6.42 Å². The summed E-state index contributed by atoms with van der Waals surface area (Å²) in [5.74, 6) is -1.96. The molecule has 4 heteroatoms. The van der Waals surface area contributed by atoms with E-state index in [-0.39, 0.29) is 0 Å². The lowest BCUT2D eigenvalue weighted by Gasteiger charge is -2.28. The minimum atomic E-state index is -1.11. The first kappa shape index (κ1) is 17.9. The van der Waals surface area contributed by atoms with Gasteiger partial charge in [-0.15, -0.1) is 0 Å². The molecule has 0 aromatic heterocycles. The number of ether oxygens (including phenoxy) is 2. The molecule has 0 saturated heterocycles. The van der Waals surface area contributed by atoms with Gasteiger partial charge in [-0.2, -0.15) is 0 Å². The highest BCUT2D eigenvalue weighted by molar-refractivity contribution is 5.68. The maximum atomic E-state index is 11.0. The van der Waals surface area contributed by atoms with Crippen LogP contribution < -0.4 is 0 Å². The van der Waals surface area contributed by atoms with Gasteiger partial charge in [0, 0.05) is 27.2 Å². The van der Waals surface area contributed by atoms with Crippen molar-refractivity contribution in [2.75, 3.05) is 0 Å². The Kier molecular flexibility index (Phi) is 9.27. The van der Waals surface area contributed by atoms with Crippen LogP contribution in [0.25, 0.3) is 0 Å². The molecule has 112 valence electrons. The summed E-state index contributed by atoms with van der Waals surface area (Å²) >= 11 is 0. The van der Waals surface area contributed by atoms with Crippen molar-refractivity contribution in [1.29, 1.82) is 0 Å². The number of rotatable bonds is 10. The maximum absolute atomic E-state index is 11.0. The van der Waals surface area contributed by atoms with Crippen LogP contribution in [0.15, 0.2) is 0 Å². The Morgan fingerprint density at radius 2 is 1.26 bits per heavy atom. The third-order valence-electron chi connectivity index (χ3n) is 2.95. The van der Waals surface area contributed by atoms with Gasteiger partial charge >= 0.3 is 11.9 Å². The van der Waals surface area contributed by atoms with Crippen molar-refractivity contribution >= 4 is 11.9 Å². The molecule has 0 amide bonds. The van der Waals surface area contributed by atoms with Crippen LogP contribution in [0.5, 0.6) is 0 Å². The van der Waals surface area contributed by atoms with Gasteiger partial charge in [-0.05, 0) is 6.42 Å². The number of carbonyl (C=O) groups excluding carboxylic acids is 2. The van der Waals surface area contributed by atoms with E-state index >= 15 is 0 Å². The Balaban J connectivity index is 3.92. The SMILES string of the molecule is CCCCCCCCCC(C)(OC(C)=O)OC(C)=O. The molecule has 0 unspecified atom stereocenters. The van der Waals surface area contributed by atoms with Crippen LogP contribution in [0.4, 0.5) is 0 Å². The van der Waals surface area contributed by atoms with Gasteiger partial charge < -0.3 is 9.47 Å². The van der Waals surface area contributed by atoms with E-state index in [1.165, 1.54) is 46.0 Å². The zero-order chi connectivity index (χ0) is 14.7. The highest BCUT2D eigenvalue weighted by Gasteiger charge is 2.30. The van der Waals surface area contributed by atoms with Crippen LogP contribution in [0, 0.1) is 0 Å². The molecule has 4 nitrogen and oxygen atoms in total. The maximum Gasteiger partial charge on any atom is 0.305 e. The lowest BCUT2D eigenvalue weighted by molar-refractivity contribution is -0.222. The summed E-state index contributed by atoms with van der Waals surface area (Å²) in [6.45, 7) is 6.50. The molecule has 0 rings (SSSR count). The summed E-state index contributed by atoms with van der Waals surface area (Å²) < 4.78 is 10.2. The molecule has 0 spiro atoms. The second kappa shape index (κ2) is 9.82. The Labute approximate surface area is 116 Å². The molecular formula is C15H28O4. The predicted molar refractivity (Wildman–Crippen MR) is 74.5 cm³/mol. The van der Waals surface area contributed by atoms with Crippen LogP contribution in [0.2, 0.25) is 0 Å². The lowest BCUT2D eigenvalue weighted by atomic mass is 10.1. The number of carbonyl (C=O) groups is 2. The van der Waals surface area contributed by atoms with E-state index in [4.69, 9.17) is 9.47 Å². The molecule has 0 aromatic carbocycles. The van der Waals surface area contributed by atoms with E-state index in [2.05, 4.69) is 6.92 Å². The van der Waals surface area contributed by atoms with Crippen molar-refractivity contribution in [3.05, 3.63) is 0 Å². The second-order valence-electron chi connectivity index (χ2n) is 5.19. The summed E-state index contributed by atoms with van der Waals surface area (Å²) in [5, 5.41) is 0. The second-order valence-corrected chi connectivity index (χ2v) is 5.19. The van der Waals surface area contributed by atoms with Crippen molar-refractivity contribution in [2.24, 2.45) is 0 Å². The molecular weight excluding hydrogens is 244 g/mol. The lowest BCUT2D eigenvalue weighted by Crippen LogP contribution is -2.35. The fourth-order valence-electron chi connectivity index (χ4n) is 2.13. The third kappa shape index (κ3) is 10.5. The molecule has 0 aromatic rings. The minimum absolute atomic E-state index is 0.424. The van der Waals surface area contributed by atoms with Gasteiger partial charge in [-0.3, -0.25) is 9.59 Å². The zero-order valence-corrected chi connectivity index (χ0v) is 12.8. The Bertz CT molecular complexity index is 257. The molecule has 19 heavy (non-hydrogen) atoms. The molecule has 0 saturated carbocycles. The van der Waals surface area contributed by atoms with Crippen molar-refractivity contribution in [1.82, 2.24) is 0 Å². The standard InChI is InChI=1S/C15H28O4/c1-5-6-7-8-9-10-11-12-15(4,18-13(2)16)19-14(3)17/h5-12H2,1-4H3. The highest BCUT2D eigenvalue weighted by atomic mass is 16.7. The van der Waals surface area contributed by atoms with Gasteiger partial charge in [0.2, 0.25) is 0 Å². The minimum Gasteiger partial charge on any atom is -0.423 e. The van der Waals surface area contributed by atoms with Gasteiger partial charge in [0.1, 0.15) is 0 Å². The smallest absolute Gasteiger partial charge is 0.305 e. The molecule has 0 bridgehead atoms. The van der Waals surface area contributed by atoms with E-state index in [1.54, 1.807) is 6.92 Å². The number of hydrogen-bond donors (Lipinski definition) is 0. The molecule has 0 fully saturated rings. The fraction of sp³-hybridized carbons (Fsp3) is 0.867. The molecule has 0 N–H and O–H groups in total. The zero-order valence-electron chi connectivity index (χ0n) is 12.8. The monoisotopic (exact) mass is 272 g/mol. The Hall–Kier alpha value is -1.06. The first-order valence-corrected chi connectivity index (χ1v) is 7.29. The Morgan fingerprint density at radius 1 is 0.842 bits per heavy atom. The van der Waals surface area contributed by atoms with Gasteiger partial charge in [0.25, 0.3) is 5.79 Å². The van der Waals surface area contributed by atoms with Crippen LogP contribution in [0.1, 0.15) is 79.1 Å². The number of esters is 2. The van der Waals surface area contributed by atoms with Crippen LogP contribution in [-0.2, 0) is 19.1 Å². The molecule has 0 atom stereocenters. The van der Waals surface area contributed by atoms with E-state index in [9.17, 15) is 9.59 Å². The normalized spacial score (nSPS) is 11.2. The summed E-state index contributed by atoms with van der Waals surface area (Å²) in [6.07, 6.45) is 8.75. The summed E-state index contributed by atoms with van der Waals surface area (Å²) in [4.78, 5) is 22.1. The Morgan fingerprint density at radius 3 is 1.68 bits per heavy atom. The van der Waals surface area contributed by atoms with Crippen molar-refractivity contribution < 1.29 is 19.1 Å². The quantitative estimate of drug-likeness (QED) is 0.343. The van der Waals surface area contributed by atoms with Crippen LogP contribution in [-0.4, -0.2) is 17.7 Å². The predicted octanol–water partition coefficient (Wildman–Crippen LogP) is 3.97. The molecule has 0 aliphatic heterocycles. The van der Waals surface area contributed by atoms with Crippen LogP contribution >= 0.6 is 0 Å². The van der Waals surface area contributed by atoms with Crippen molar-refractivity contribution in [2.45, 2.75) is 84.8 Å². The van der Waals surface area contributed by atoms with E-state index in [1.807, 2.05) is 0 Å². The number of unbranched alkanes of at least 4 members (excludes halogenated alkanes) is 6. The van der Waals surface area contributed by atoms with E-state index < -0.39 is 17.7 Å². The third-order valence-corrected chi connectivity index (χ3v) is 2.95. The largest absolute Gasteiger partial charge is 0.423 e. The van der Waals surface area contributed by atoms with Gasteiger partial charge in [0.15, 0.2) is 0 Å². The molecule has 0 radical (unpaired) electrons. The molecule has 0 heterocycles. The summed E-state index contributed by atoms with van der Waals surface area (Å²) in [6, 6.07) is 0. The van der Waals surface area contributed by atoms with Crippen molar-refractivity contribution in [3.8, 4) is 0 Å². The summed E-state index contributed by atoms with van der Waals surface area (Å²) in [5.41, 5.74) is 0. The van der Waals surface area contributed by atoms with E-state index in [0.717, 1.165) is 12.8 Å². The first-order chi connectivity index (χ1) is 8.89. The van der Waals surface area contributed by atoms with Gasteiger partial charge in [0.05, 0.1) is 0 Å². The first-order valence-electron chi connectivity index (χ1n) is 7.29. The van der Waals surface area contributed by atoms with Gasteiger partial charge in [-0.1, -0.05) is 45.4 Å². The number of hydrogen-bond acceptors (Lipinski definition) is 4. The highest BCUT2D eigenvalue weighted by Crippen LogP contribution is 2.22. The molecule has 0 aliphatic rings. The topological polar surface area (TPSA) is 52.6 Å². The summed E-state index contributed by atoms with van der Waals surface area (Å²) in [7, 11) is 0.